The van der Waals surface area contributed by atoms with E-state index in [0.29, 0.717) is 0 Å². The number of rotatable bonds is 8. The Morgan fingerprint density at radius 2 is 1.89 bits per heavy atom. The molecule has 0 bridgehead atoms. The van der Waals surface area contributed by atoms with Gasteiger partial charge in [-0.1, -0.05) is 30.3 Å². The maximum Gasteiger partial charge on any atom is 0.0741 e. The molecule has 19 heavy (non-hydrogen) atoms. The Bertz CT molecular complexity index is 346. The molecule has 1 aromatic rings. The van der Waals surface area contributed by atoms with E-state index in [4.69, 9.17) is 0 Å². The lowest BCUT2D eigenvalue weighted by molar-refractivity contribution is 0.0441. The normalized spacial score (nSPS) is 13.8. The molecular weight excluding hydrogens is 236 g/mol. The van der Waals surface area contributed by atoms with Crippen molar-refractivity contribution in [1.29, 1.82) is 0 Å². The molecule has 0 radical (unpaired) electrons. The first-order valence-corrected chi connectivity index (χ1v) is 7.08. The Labute approximate surface area is 117 Å². The molecule has 0 heterocycles. The van der Waals surface area contributed by atoms with Crippen LogP contribution in [-0.4, -0.2) is 41.8 Å². The highest BCUT2D eigenvalue weighted by Gasteiger charge is 2.20. The molecule has 0 aliphatic carbocycles. The Balaban J connectivity index is 2.16. The van der Waals surface area contributed by atoms with Gasteiger partial charge >= 0.3 is 0 Å². The quantitative estimate of drug-likeness (QED) is 0.707. The Kier molecular flexibility index (Phi) is 6.49. The van der Waals surface area contributed by atoms with Gasteiger partial charge in [0, 0.05) is 12.6 Å². The summed E-state index contributed by atoms with van der Waals surface area (Å²) in [7, 11) is 2.15. The van der Waals surface area contributed by atoms with Crippen molar-refractivity contribution >= 4 is 0 Å². The van der Waals surface area contributed by atoms with Crippen molar-refractivity contribution in [3.05, 3.63) is 35.9 Å². The van der Waals surface area contributed by atoms with Crippen LogP contribution in [0.4, 0.5) is 0 Å². The number of nitrogens with one attached hydrogen (secondary N) is 1. The van der Waals surface area contributed by atoms with Crippen LogP contribution in [0.25, 0.3) is 0 Å². The number of hydrogen-bond donors (Lipinski definition) is 2. The molecule has 1 unspecified atom stereocenters. The van der Waals surface area contributed by atoms with Crippen molar-refractivity contribution in [2.24, 2.45) is 0 Å². The zero-order chi connectivity index (χ0) is 14.3. The van der Waals surface area contributed by atoms with Gasteiger partial charge in [-0.15, -0.1) is 0 Å². The van der Waals surface area contributed by atoms with Crippen molar-refractivity contribution in [3.63, 3.8) is 0 Å². The van der Waals surface area contributed by atoms with Crippen molar-refractivity contribution in [3.8, 4) is 0 Å². The fourth-order valence-electron chi connectivity index (χ4n) is 1.89. The summed E-state index contributed by atoms with van der Waals surface area (Å²) in [4.78, 5) is 2.33. The van der Waals surface area contributed by atoms with E-state index in [1.165, 1.54) is 5.56 Å². The molecule has 108 valence electrons. The molecule has 0 saturated heterocycles. The summed E-state index contributed by atoms with van der Waals surface area (Å²) in [5.41, 5.74) is 0.693. The lowest BCUT2D eigenvalue weighted by Gasteiger charge is -2.27. The van der Waals surface area contributed by atoms with Gasteiger partial charge in [0.1, 0.15) is 0 Å². The minimum Gasteiger partial charge on any atom is -0.389 e. The molecule has 2 N–H and O–H groups in total. The summed E-state index contributed by atoms with van der Waals surface area (Å²) in [5, 5.41) is 13.2. The molecule has 3 nitrogen and oxygen atoms in total. The van der Waals surface area contributed by atoms with Crippen LogP contribution in [0, 0.1) is 0 Å². The lowest BCUT2D eigenvalue weighted by Crippen LogP contribution is -2.45. The van der Waals surface area contributed by atoms with Crippen molar-refractivity contribution in [2.45, 2.75) is 45.4 Å². The van der Waals surface area contributed by atoms with Crippen LogP contribution in [0.3, 0.4) is 0 Å². The molecule has 0 aromatic heterocycles. The van der Waals surface area contributed by atoms with Crippen LogP contribution >= 0.6 is 0 Å². The second kappa shape index (κ2) is 7.63. The molecule has 0 amide bonds. The highest BCUT2D eigenvalue weighted by atomic mass is 16.3. The maximum absolute atomic E-state index is 9.82. The third kappa shape index (κ3) is 6.71. The molecule has 1 rings (SSSR count). The molecule has 3 heteroatoms. The Morgan fingerprint density at radius 3 is 2.47 bits per heavy atom. The van der Waals surface area contributed by atoms with Gasteiger partial charge in [0.25, 0.3) is 0 Å². The summed E-state index contributed by atoms with van der Waals surface area (Å²) in [6, 6.07) is 10.6. The van der Waals surface area contributed by atoms with E-state index in [-0.39, 0.29) is 6.04 Å². The van der Waals surface area contributed by atoms with Crippen LogP contribution in [-0.2, 0) is 6.54 Å². The molecule has 0 spiro atoms. The predicted molar refractivity (Wildman–Crippen MR) is 81.2 cm³/mol. The molecular formula is C16H28N2O. The largest absolute Gasteiger partial charge is 0.389 e. The fraction of sp³-hybridized carbons (Fsp3) is 0.625. The Hall–Kier alpha value is -0.900. The monoisotopic (exact) mass is 264 g/mol. The summed E-state index contributed by atoms with van der Waals surface area (Å²) in [5.74, 6) is 0. The second-order valence-electron chi connectivity index (χ2n) is 5.91. The van der Waals surface area contributed by atoms with Crippen molar-refractivity contribution in [2.75, 3.05) is 20.1 Å². The fourth-order valence-corrected chi connectivity index (χ4v) is 1.89. The second-order valence-corrected chi connectivity index (χ2v) is 5.91. The molecule has 0 fully saturated rings. The van der Waals surface area contributed by atoms with Crippen molar-refractivity contribution in [1.82, 2.24) is 10.2 Å². The van der Waals surface area contributed by atoms with Crippen LogP contribution < -0.4 is 5.32 Å². The highest BCUT2D eigenvalue weighted by molar-refractivity contribution is 5.14. The van der Waals surface area contributed by atoms with E-state index < -0.39 is 5.60 Å². The number of nitrogens with zero attached hydrogens (tertiary/aromatic N) is 1. The van der Waals surface area contributed by atoms with E-state index in [2.05, 4.69) is 41.5 Å². The molecule has 1 atom stereocenters. The number of benzene rings is 1. The van der Waals surface area contributed by atoms with Gasteiger partial charge in [-0.3, -0.25) is 0 Å². The predicted octanol–water partition coefficient (Wildman–Crippen LogP) is 2.26. The van der Waals surface area contributed by atoms with Gasteiger partial charge in [-0.25, -0.2) is 0 Å². The number of hydrogen-bond acceptors (Lipinski definition) is 3. The first-order valence-electron chi connectivity index (χ1n) is 7.08. The van der Waals surface area contributed by atoms with E-state index in [1.807, 2.05) is 26.8 Å². The van der Waals surface area contributed by atoms with E-state index in [1.54, 1.807) is 0 Å². The van der Waals surface area contributed by atoms with Gasteiger partial charge in [0.2, 0.25) is 0 Å². The summed E-state index contributed by atoms with van der Waals surface area (Å²) < 4.78 is 0. The SMILES string of the molecule is CC(NCCCN(C)Cc1ccccc1)C(C)(C)O. The van der Waals surface area contributed by atoms with Crippen LogP contribution in [0.1, 0.15) is 32.8 Å². The van der Waals surface area contributed by atoms with Gasteiger partial charge in [-0.2, -0.15) is 0 Å². The topological polar surface area (TPSA) is 35.5 Å². The summed E-state index contributed by atoms with van der Waals surface area (Å²) in [6.45, 7) is 8.68. The van der Waals surface area contributed by atoms with E-state index >= 15 is 0 Å². The number of aliphatic hydroxyl groups is 1. The average molecular weight is 264 g/mol. The smallest absolute Gasteiger partial charge is 0.0741 e. The van der Waals surface area contributed by atoms with Crippen molar-refractivity contribution < 1.29 is 5.11 Å². The zero-order valence-corrected chi connectivity index (χ0v) is 12.7. The standard InChI is InChI=1S/C16H28N2O/c1-14(16(2,3)19)17-11-8-12-18(4)13-15-9-6-5-7-10-15/h5-7,9-10,14,17,19H,8,11-13H2,1-4H3. The zero-order valence-electron chi connectivity index (χ0n) is 12.7. The Morgan fingerprint density at radius 1 is 1.26 bits per heavy atom. The van der Waals surface area contributed by atoms with Gasteiger partial charge in [0.15, 0.2) is 0 Å². The molecule has 0 aliphatic heterocycles. The van der Waals surface area contributed by atoms with E-state index in [0.717, 1.165) is 26.1 Å². The van der Waals surface area contributed by atoms with Crippen LogP contribution in [0.15, 0.2) is 30.3 Å². The molecule has 0 saturated carbocycles. The van der Waals surface area contributed by atoms with E-state index in [9.17, 15) is 5.11 Å². The van der Waals surface area contributed by atoms with Crippen LogP contribution in [0.2, 0.25) is 0 Å². The van der Waals surface area contributed by atoms with Crippen LogP contribution in [0.5, 0.6) is 0 Å². The first kappa shape index (κ1) is 16.2. The summed E-state index contributed by atoms with van der Waals surface area (Å²) in [6.07, 6.45) is 1.09. The average Bonchev–Trinajstić information content (AvgIpc) is 2.34. The third-order valence-electron chi connectivity index (χ3n) is 3.52. The van der Waals surface area contributed by atoms with Gasteiger partial charge in [0.05, 0.1) is 5.60 Å². The van der Waals surface area contributed by atoms with Gasteiger partial charge in [-0.05, 0) is 52.9 Å². The first-order chi connectivity index (χ1) is 8.89. The summed E-state index contributed by atoms with van der Waals surface area (Å²) >= 11 is 0. The minimum atomic E-state index is -0.657. The lowest BCUT2D eigenvalue weighted by atomic mass is 10.0. The van der Waals surface area contributed by atoms with Gasteiger partial charge < -0.3 is 15.3 Å². The third-order valence-corrected chi connectivity index (χ3v) is 3.52. The maximum atomic E-state index is 9.82. The molecule has 0 aliphatic rings. The molecule has 1 aromatic carbocycles. The highest BCUT2D eigenvalue weighted by Crippen LogP contribution is 2.07. The minimum absolute atomic E-state index is 0.118.